The summed E-state index contributed by atoms with van der Waals surface area (Å²) in [7, 11) is 0. The molecule has 0 bridgehead atoms. The number of hydrogen-bond acceptors (Lipinski definition) is 5. The van der Waals surface area contributed by atoms with E-state index in [1.807, 2.05) is 30.3 Å². The van der Waals surface area contributed by atoms with Gasteiger partial charge in [0, 0.05) is 34.3 Å². The third-order valence-corrected chi connectivity index (χ3v) is 6.92. The Morgan fingerprint density at radius 1 is 0.909 bits per heavy atom. The fourth-order valence-electron chi connectivity index (χ4n) is 4.91. The lowest BCUT2D eigenvalue weighted by Gasteiger charge is -2.29. The number of carbonyl (C=O) groups is 2. The molecule has 2 aliphatic rings. The van der Waals surface area contributed by atoms with E-state index in [2.05, 4.69) is 9.62 Å². The van der Waals surface area contributed by atoms with Gasteiger partial charge in [0.25, 0.3) is 11.8 Å². The molecule has 3 aromatic carbocycles. The maximum atomic E-state index is 13.4. The SMILES string of the molecule is O=C1c2cccc3cccc(c23)C(=O)N1Cc1c(CCN2CCCC2)cccc1NS(=O)[O-]. The van der Waals surface area contributed by atoms with Gasteiger partial charge in [-0.15, -0.1) is 0 Å². The summed E-state index contributed by atoms with van der Waals surface area (Å²) in [6.45, 7) is 2.96. The van der Waals surface area contributed by atoms with Crippen LogP contribution in [0.4, 0.5) is 5.69 Å². The van der Waals surface area contributed by atoms with Gasteiger partial charge in [-0.2, -0.15) is 0 Å². The van der Waals surface area contributed by atoms with Gasteiger partial charge in [-0.1, -0.05) is 36.4 Å². The van der Waals surface area contributed by atoms with Crippen LogP contribution < -0.4 is 4.72 Å². The van der Waals surface area contributed by atoms with Crippen molar-refractivity contribution in [1.82, 2.24) is 9.80 Å². The standard InChI is InChI=1S/C25H25N3O4S/c29-24-19-9-3-7-18-8-4-10-20(23(18)19)25(30)28(24)16-21-17(12-15-27-13-1-2-14-27)6-5-11-22(21)26-33(31)32/h3-11,26H,1-2,12-16H2,(H,31,32)/p-1. The number of rotatable bonds is 7. The van der Waals surface area contributed by atoms with E-state index >= 15 is 0 Å². The van der Waals surface area contributed by atoms with Gasteiger partial charge in [-0.3, -0.25) is 18.7 Å². The summed E-state index contributed by atoms with van der Waals surface area (Å²) >= 11 is -2.52. The summed E-state index contributed by atoms with van der Waals surface area (Å²) in [4.78, 5) is 30.4. The zero-order chi connectivity index (χ0) is 22.9. The molecule has 0 radical (unpaired) electrons. The molecule has 7 nitrogen and oxygen atoms in total. The molecule has 1 N–H and O–H groups in total. The minimum atomic E-state index is -2.52. The van der Waals surface area contributed by atoms with Crippen LogP contribution in [-0.2, 0) is 24.2 Å². The van der Waals surface area contributed by atoms with Crippen LogP contribution in [0, 0.1) is 0 Å². The van der Waals surface area contributed by atoms with Crippen molar-refractivity contribution >= 4 is 39.5 Å². The van der Waals surface area contributed by atoms with Gasteiger partial charge in [0.2, 0.25) is 0 Å². The molecule has 0 spiro atoms. The molecule has 0 aliphatic carbocycles. The van der Waals surface area contributed by atoms with Crippen LogP contribution in [0.15, 0.2) is 54.6 Å². The minimum absolute atomic E-state index is 0.00189. The molecule has 1 saturated heterocycles. The van der Waals surface area contributed by atoms with Crippen LogP contribution in [0.2, 0.25) is 0 Å². The van der Waals surface area contributed by atoms with Crippen LogP contribution in [0.5, 0.6) is 0 Å². The highest BCUT2D eigenvalue weighted by Crippen LogP contribution is 2.32. The van der Waals surface area contributed by atoms with Crippen LogP contribution in [0.1, 0.15) is 44.7 Å². The Labute approximate surface area is 194 Å². The largest absolute Gasteiger partial charge is 0.755 e. The van der Waals surface area contributed by atoms with E-state index in [0.29, 0.717) is 34.2 Å². The molecule has 1 unspecified atom stereocenters. The Balaban J connectivity index is 1.51. The smallest absolute Gasteiger partial charge is 0.261 e. The van der Waals surface area contributed by atoms with E-state index < -0.39 is 11.3 Å². The Hall–Kier alpha value is -3.07. The Morgan fingerprint density at radius 3 is 2.18 bits per heavy atom. The van der Waals surface area contributed by atoms with E-state index in [-0.39, 0.29) is 18.4 Å². The van der Waals surface area contributed by atoms with Crippen LogP contribution in [0.3, 0.4) is 0 Å². The zero-order valence-electron chi connectivity index (χ0n) is 18.1. The molecule has 2 aliphatic heterocycles. The lowest BCUT2D eigenvalue weighted by Crippen LogP contribution is -2.40. The second-order valence-electron chi connectivity index (χ2n) is 8.48. The Bertz CT molecular complexity index is 1220. The van der Waals surface area contributed by atoms with E-state index in [1.54, 1.807) is 24.3 Å². The molecule has 8 heteroatoms. The second-order valence-corrected chi connectivity index (χ2v) is 9.16. The number of nitrogens with zero attached hydrogens (tertiary/aromatic N) is 2. The summed E-state index contributed by atoms with van der Waals surface area (Å²) in [6.07, 6.45) is 3.08. The number of carbonyl (C=O) groups excluding carboxylic acids is 2. The number of anilines is 1. The molecule has 0 aromatic heterocycles. The van der Waals surface area contributed by atoms with Crippen LogP contribution >= 0.6 is 0 Å². The number of likely N-dealkylation sites (tertiary alicyclic amines) is 1. The summed E-state index contributed by atoms with van der Waals surface area (Å²) in [5.74, 6) is -0.735. The average molecular weight is 463 g/mol. The number of benzene rings is 3. The van der Waals surface area contributed by atoms with Crippen LogP contribution in [-0.4, -0.2) is 50.0 Å². The zero-order valence-corrected chi connectivity index (χ0v) is 18.9. The Kier molecular flexibility index (Phi) is 5.97. The van der Waals surface area contributed by atoms with Crippen molar-refractivity contribution in [2.24, 2.45) is 0 Å². The third-order valence-electron chi connectivity index (χ3n) is 6.53. The Morgan fingerprint density at radius 2 is 1.55 bits per heavy atom. The van der Waals surface area contributed by atoms with Gasteiger partial charge in [0.05, 0.1) is 12.2 Å². The van der Waals surface area contributed by atoms with E-state index in [0.717, 1.165) is 30.6 Å². The van der Waals surface area contributed by atoms with Crippen molar-refractivity contribution < 1.29 is 18.4 Å². The molecule has 2 amide bonds. The molecular weight excluding hydrogens is 438 g/mol. The van der Waals surface area contributed by atoms with Gasteiger partial charge >= 0.3 is 0 Å². The minimum Gasteiger partial charge on any atom is -0.755 e. The first kappa shape index (κ1) is 21.8. The summed E-state index contributed by atoms with van der Waals surface area (Å²) in [6, 6.07) is 16.3. The average Bonchev–Trinajstić information content (AvgIpc) is 3.33. The van der Waals surface area contributed by atoms with Crippen molar-refractivity contribution in [3.05, 3.63) is 76.9 Å². The molecule has 3 aromatic rings. The molecule has 170 valence electrons. The van der Waals surface area contributed by atoms with Crippen molar-refractivity contribution in [2.75, 3.05) is 24.4 Å². The number of hydrogen-bond donors (Lipinski definition) is 1. The van der Waals surface area contributed by atoms with Crippen molar-refractivity contribution in [3.8, 4) is 0 Å². The maximum absolute atomic E-state index is 13.4. The lowest BCUT2D eigenvalue weighted by molar-refractivity contribution is 0.0598. The predicted octanol–water partition coefficient (Wildman–Crippen LogP) is 3.48. The van der Waals surface area contributed by atoms with Crippen LogP contribution in [0.25, 0.3) is 10.8 Å². The predicted molar refractivity (Wildman–Crippen MR) is 127 cm³/mol. The third kappa shape index (κ3) is 4.17. The van der Waals surface area contributed by atoms with Gasteiger partial charge in [-0.25, -0.2) is 0 Å². The van der Waals surface area contributed by atoms with E-state index in [1.165, 1.54) is 17.7 Å². The number of imide groups is 1. The highest BCUT2D eigenvalue weighted by atomic mass is 32.2. The maximum Gasteiger partial charge on any atom is 0.261 e. The fourth-order valence-corrected chi connectivity index (χ4v) is 5.28. The van der Waals surface area contributed by atoms with E-state index in [9.17, 15) is 18.4 Å². The normalized spacial score (nSPS) is 17.1. The van der Waals surface area contributed by atoms with Gasteiger partial charge < -0.3 is 14.2 Å². The van der Waals surface area contributed by atoms with Crippen molar-refractivity contribution in [3.63, 3.8) is 0 Å². The van der Waals surface area contributed by atoms with E-state index in [4.69, 9.17) is 0 Å². The molecule has 5 rings (SSSR count). The molecular formula is C25H24N3O4S-. The summed E-state index contributed by atoms with van der Waals surface area (Å²) in [5, 5.41) is 1.52. The summed E-state index contributed by atoms with van der Waals surface area (Å²) < 4.78 is 25.3. The number of amides is 2. The molecule has 2 heterocycles. The fraction of sp³-hybridized carbons (Fsp3) is 0.280. The molecule has 0 saturated carbocycles. The molecule has 1 atom stereocenters. The van der Waals surface area contributed by atoms with Gasteiger partial charge in [-0.05, 0) is 67.1 Å². The first-order valence-electron chi connectivity index (χ1n) is 11.1. The highest BCUT2D eigenvalue weighted by Gasteiger charge is 2.33. The first-order valence-corrected chi connectivity index (χ1v) is 12.2. The first-order chi connectivity index (χ1) is 16.0. The summed E-state index contributed by atoms with van der Waals surface area (Å²) in [5.41, 5.74) is 2.93. The van der Waals surface area contributed by atoms with Gasteiger partial charge in [0.1, 0.15) is 0 Å². The monoisotopic (exact) mass is 462 g/mol. The highest BCUT2D eigenvalue weighted by molar-refractivity contribution is 7.80. The lowest BCUT2D eigenvalue weighted by atomic mass is 9.93. The molecule has 33 heavy (non-hydrogen) atoms. The van der Waals surface area contributed by atoms with Gasteiger partial charge in [0.15, 0.2) is 0 Å². The van der Waals surface area contributed by atoms with Crippen molar-refractivity contribution in [1.29, 1.82) is 0 Å². The molecule has 1 fully saturated rings. The second kappa shape index (κ2) is 9.05. The quantitative estimate of drug-likeness (QED) is 0.429. The van der Waals surface area contributed by atoms with Crippen molar-refractivity contribution in [2.45, 2.75) is 25.8 Å². The topological polar surface area (TPSA) is 92.8 Å². The number of nitrogens with one attached hydrogen (secondary N) is 1.